The topological polar surface area (TPSA) is 104 Å². The van der Waals surface area contributed by atoms with Crippen LogP contribution >= 0.6 is 23.4 Å². The Hall–Kier alpha value is -2.38. The molecule has 6 nitrogen and oxygen atoms in total. The summed E-state index contributed by atoms with van der Waals surface area (Å²) in [7, 11) is 0. The molecular weight excluding hydrogens is 480 g/mol. The number of benzene rings is 2. The summed E-state index contributed by atoms with van der Waals surface area (Å²) in [5.74, 6) is 1.63. The number of amidine groups is 2. The second kappa shape index (κ2) is 13.1. The van der Waals surface area contributed by atoms with Crippen LogP contribution in [0, 0.1) is 16.7 Å². The average molecular weight is 517 g/mol. The van der Waals surface area contributed by atoms with Crippen LogP contribution in [0.25, 0.3) is 0 Å². The van der Waals surface area contributed by atoms with Crippen molar-refractivity contribution in [2.45, 2.75) is 75.5 Å². The molecule has 5 N–H and O–H groups in total. The highest BCUT2D eigenvalue weighted by atomic mass is 35.5. The minimum Gasteiger partial charge on any atom is -0.492 e. The number of rotatable bonds is 14. The molecular formula is C27H37ClN4O2S. The molecule has 2 aromatic carbocycles. The number of halogens is 1. The smallest absolute Gasteiger partial charge is 0.150 e. The van der Waals surface area contributed by atoms with Gasteiger partial charge in [-0.15, -0.1) is 0 Å². The first kappa shape index (κ1) is 27.2. The Morgan fingerprint density at radius 1 is 0.943 bits per heavy atom. The van der Waals surface area contributed by atoms with Gasteiger partial charge >= 0.3 is 0 Å². The van der Waals surface area contributed by atoms with Crippen LogP contribution in [0.15, 0.2) is 34.1 Å². The van der Waals surface area contributed by atoms with Gasteiger partial charge in [-0.3, -0.25) is 10.8 Å². The van der Waals surface area contributed by atoms with Crippen LogP contribution in [0.4, 0.5) is 5.69 Å². The largest absolute Gasteiger partial charge is 0.492 e. The monoisotopic (exact) mass is 516 g/mol. The van der Waals surface area contributed by atoms with E-state index in [0.717, 1.165) is 24.2 Å². The maximum atomic E-state index is 8.56. The minimum atomic E-state index is 0.103. The first-order chi connectivity index (χ1) is 16.8. The second-order valence-electron chi connectivity index (χ2n) is 9.21. The summed E-state index contributed by atoms with van der Waals surface area (Å²) in [5, 5.41) is 20.3. The van der Waals surface area contributed by atoms with Crippen LogP contribution in [-0.2, 0) is 0 Å². The number of nitrogens with one attached hydrogen (secondary N) is 3. The quantitative estimate of drug-likeness (QED) is 0.154. The minimum absolute atomic E-state index is 0.103. The number of hydrogen-bond acceptors (Lipinski definition) is 6. The van der Waals surface area contributed by atoms with Crippen LogP contribution in [0.2, 0.25) is 5.02 Å². The van der Waals surface area contributed by atoms with Crippen molar-refractivity contribution in [3.05, 3.63) is 40.4 Å². The zero-order valence-corrected chi connectivity index (χ0v) is 22.5. The van der Waals surface area contributed by atoms with E-state index in [9.17, 15) is 0 Å². The number of nitrogens with two attached hydrogens (primary N) is 1. The molecule has 0 amide bonds. The number of hydrogen-bond donors (Lipinski definition) is 4. The van der Waals surface area contributed by atoms with Crippen LogP contribution in [0.5, 0.6) is 11.5 Å². The Morgan fingerprint density at radius 3 is 2.26 bits per heavy atom. The second-order valence-corrected chi connectivity index (χ2v) is 10.6. The third-order valence-electron chi connectivity index (χ3n) is 5.88. The number of nitrogen functional groups attached to an aromatic ring is 1. The third kappa shape index (κ3) is 6.85. The van der Waals surface area contributed by atoms with Gasteiger partial charge in [0.1, 0.15) is 22.4 Å². The average Bonchev–Trinajstić information content (AvgIpc) is 3.11. The molecule has 0 unspecified atom stereocenters. The fourth-order valence-corrected chi connectivity index (χ4v) is 5.22. The molecule has 0 spiro atoms. The maximum Gasteiger partial charge on any atom is 0.150 e. The summed E-state index contributed by atoms with van der Waals surface area (Å²) in [6, 6.07) is 7.60. The van der Waals surface area contributed by atoms with Crippen molar-refractivity contribution in [2.24, 2.45) is 5.92 Å². The Balaban J connectivity index is 1.98. The molecule has 0 aliphatic carbocycles. The van der Waals surface area contributed by atoms with Gasteiger partial charge in [0, 0.05) is 10.6 Å². The van der Waals surface area contributed by atoms with Gasteiger partial charge in [0.05, 0.1) is 29.2 Å². The SMILES string of the molecule is CCCCCCCCOc1c(Sc2ccccc2N)c(Cl)c(OCCC(C)C)c2c1C(=N)NC2=N. The fraction of sp³-hybridized carbons (Fsp3) is 0.481. The van der Waals surface area contributed by atoms with Gasteiger partial charge in [-0.2, -0.15) is 0 Å². The predicted octanol–water partition coefficient (Wildman–Crippen LogP) is 7.49. The summed E-state index contributed by atoms with van der Waals surface area (Å²) in [6.07, 6.45) is 7.75. The lowest BCUT2D eigenvalue weighted by atomic mass is 10.1. The number of ether oxygens (including phenoxy) is 2. The van der Waals surface area contributed by atoms with Crippen molar-refractivity contribution in [3.63, 3.8) is 0 Å². The molecule has 8 heteroatoms. The number of anilines is 1. The van der Waals surface area contributed by atoms with Gasteiger partial charge in [0.15, 0.2) is 5.75 Å². The molecule has 1 aliphatic rings. The molecule has 0 fully saturated rings. The van der Waals surface area contributed by atoms with Gasteiger partial charge in [-0.25, -0.2) is 0 Å². The maximum absolute atomic E-state index is 8.56. The summed E-state index contributed by atoms with van der Waals surface area (Å²) in [4.78, 5) is 1.51. The van der Waals surface area contributed by atoms with E-state index in [2.05, 4.69) is 26.1 Å². The zero-order chi connectivity index (χ0) is 25.4. The highest BCUT2D eigenvalue weighted by Gasteiger charge is 2.35. The molecule has 1 aliphatic heterocycles. The lowest BCUT2D eigenvalue weighted by Gasteiger charge is -2.21. The van der Waals surface area contributed by atoms with Crippen molar-refractivity contribution in [2.75, 3.05) is 18.9 Å². The highest BCUT2D eigenvalue weighted by Crippen LogP contribution is 2.51. The van der Waals surface area contributed by atoms with E-state index in [1.54, 1.807) is 0 Å². The normalized spacial score (nSPS) is 12.7. The van der Waals surface area contributed by atoms with Crippen molar-refractivity contribution >= 4 is 40.7 Å². The Morgan fingerprint density at radius 2 is 1.57 bits per heavy atom. The van der Waals surface area contributed by atoms with Crippen molar-refractivity contribution in [3.8, 4) is 11.5 Å². The van der Waals surface area contributed by atoms with Gasteiger partial charge in [0.25, 0.3) is 0 Å². The lowest BCUT2D eigenvalue weighted by molar-refractivity contribution is 0.282. The third-order valence-corrected chi connectivity index (χ3v) is 7.53. The summed E-state index contributed by atoms with van der Waals surface area (Å²) in [6.45, 7) is 7.46. The van der Waals surface area contributed by atoms with Crippen LogP contribution in [0.3, 0.4) is 0 Å². The van der Waals surface area contributed by atoms with E-state index < -0.39 is 0 Å². The molecule has 0 bridgehead atoms. The summed E-state index contributed by atoms with van der Waals surface area (Å²) in [5.41, 5.74) is 7.90. The summed E-state index contributed by atoms with van der Waals surface area (Å²) < 4.78 is 12.5. The van der Waals surface area contributed by atoms with Gasteiger partial charge in [-0.1, -0.05) is 88.4 Å². The number of para-hydroxylation sites is 1. The standard InChI is InChI=1S/C27H37ClN4O2S/c1-4-5-6-7-8-11-15-33-24-21-20(26(30)32-27(21)31)23(34-16-14-17(2)3)22(28)25(24)35-19-13-10-9-12-18(19)29/h9-10,12-13,17H,4-8,11,14-16,29H2,1-3H3,(H3,30,31,32). The molecule has 0 radical (unpaired) electrons. The van der Waals surface area contributed by atoms with E-state index in [4.69, 9.17) is 37.6 Å². The Bertz CT molecular complexity index is 1060. The van der Waals surface area contributed by atoms with Gasteiger partial charge in [-0.05, 0) is 30.9 Å². The lowest BCUT2D eigenvalue weighted by Crippen LogP contribution is -2.20. The predicted molar refractivity (Wildman–Crippen MR) is 147 cm³/mol. The Labute approximate surface area is 218 Å². The van der Waals surface area contributed by atoms with Crippen molar-refractivity contribution in [1.29, 1.82) is 10.8 Å². The van der Waals surface area contributed by atoms with E-state index >= 15 is 0 Å². The molecule has 2 aromatic rings. The molecule has 190 valence electrons. The highest BCUT2D eigenvalue weighted by molar-refractivity contribution is 7.99. The van der Waals surface area contributed by atoms with Crippen LogP contribution in [-0.4, -0.2) is 24.9 Å². The molecule has 3 rings (SSSR count). The molecule has 0 atom stereocenters. The first-order valence-corrected chi connectivity index (χ1v) is 13.7. The molecule has 35 heavy (non-hydrogen) atoms. The van der Waals surface area contributed by atoms with E-state index in [0.29, 0.717) is 57.4 Å². The van der Waals surface area contributed by atoms with Crippen LogP contribution in [0.1, 0.15) is 76.8 Å². The number of fused-ring (bicyclic) bond motifs is 1. The summed E-state index contributed by atoms with van der Waals surface area (Å²) >= 11 is 8.37. The van der Waals surface area contributed by atoms with E-state index in [-0.39, 0.29) is 11.7 Å². The molecule has 0 saturated carbocycles. The van der Waals surface area contributed by atoms with Crippen LogP contribution < -0.4 is 20.5 Å². The number of unbranched alkanes of at least 4 members (excludes halogenated alkanes) is 5. The van der Waals surface area contributed by atoms with E-state index in [1.807, 2.05) is 24.3 Å². The zero-order valence-electron chi connectivity index (χ0n) is 20.9. The molecule has 0 saturated heterocycles. The molecule has 1 heterocycles. The van der Waals surface area contributed by atoms with Crippen molar-refractivity contribution in [1.82, 2.24) is 5.32 Å². The first-order valence-electron chi connectivity index (χ1n) is 12.5. The van der Waals surface area contributed by atoms with E-state index in [1.165, 1.54) is 37.4 Å². The van der Waals surface area contributed by atoms with Crippen molar-refractivity contribution < 1.29 is 9.47 Å². The fourth-order valence-electron chi connectivity index (χ4n) is 3.88. The Kier molecular flexibility index (Phi) is 10.2. The van der Waals surface area contributed by atoms with Gasteiger partial charge < -0.3 is 20.5 Å². The van der Waals surface area contributed by atoms with Gasteiger partial charge in [0.2, 0.25) is 0 Å². The molecule has 0 aromatic heterocycles.